The van der Waals surface area contributed by atoms with Crippen molar-refractivity contribution in [1.82, 2.24) is 9.78 Å². The molecule has 0 saturated heterocycles. The summed E-state index contributed by atoms with van der Waals surface area (Å²) in [7, 11) is 1.86. The van der Waals surface area contributed by atoms with E-state index in [1.54, 1.807) is 16.8 Å². The minimum atomic E-state index is -0.723. The highest BCUT2D eigenvalue weighted by Gasteiger charge is 2.21. The van der Waals surface area contributed by atoms with Crippen LogP contribution in [-0.4, -0.2) is 22.0 Å². The number of nitriles is 1. The molecule has 1 heterocycles. The van der Waals surface area contributed by atoms with Crippen LogP contribution in [0.3, 0.4) is 0 Å². The average Bonchev–Trinajstić information content (AvgIpc) is 2.88. The molecular formula is C16H17FN4S. The Hall–Kier alpha value is -2.00. The van der Waals surface area contributed by atoms with Crippen LogP contribution >= 0.6 is 11.3 Å². The van der Waals surface area contributed by atoms with E-state index in [2.05, 4.69) is 16.2 Å². The highest BCUT2D eigenvalue weighted by Crippen LogP contribution is 2.24. The van der Waals surface area contributed by atoms with E-state index in [0.717, 1.165) is 28.2 Å². The normalized spacial score (nSPS) is 22.5. The summed E-state index contributed by atoms with van der Waals surface area (Å²) in [5.41, 5.74) is 1.60. The fourth-order valence-corrected chi connectivity index (χ4v) is 3.61. The molecule has 0 radical (unpaired) electrons. The van der Waals surface area contributed by atoms with E-state index in [-0.39, 0.29) is 6.04 Å². The van der Waals surface area contributed by atoms with E-state index in [1.165, 1.54) is 11.3 Å². The fraction of sp³-hybridized carbons (Fsp3) is 0.438. The molecule has 2 unspecified atom stereocenters. The van der Waals surface area contributed by atoms with Gasteiger partial charge in [0.25, 0.3) is 0 Å². The molecule has 22 heavy (non-hydrogen) atoms. The van der Waals surface area contributed by atoms with Crippen LogP contribution in [0.1, 0.15) is 31.2 Å². The first-order valence-corrected chi connectivity index (χ1v) is 8.20. The molecular weight excluding hydrogens is 299 g/mol. The zero-order valence-corrected chi connectivity index (χ0v) is 13.2. The van der Waals surface area contributed by atoms with Crippen molar-refractivity contribution >= 4 is 11.3 Å². The number of hydrogen-bond donors (Lipinski definition) is 0. The molecule has 114 valence electrons. The summed E-state index contributed by atoms with van der Waals surface area (Å²) in [6.45, 7) is 0. The first-order valence-electron chi connectivity index (χ1n) is 7.38. The van der Waals surface area contributed by atoms with Crippen LogP contribution in [0.4, 0.5) is 4.39 Å². The molecule has 1 aromatic heterocycles. The van der Waals surface area contributed by atoms with Crippen molar-refractivity contribution in [3.8, 4) is 16.6 Å². The van der Waals surface area contributed by atoms with Gasteiger partial charge in [-0.15, -0.1) is 0 Å². The van der Waals surface area contributed by atoms with Crippen LogP contribution in [0.25, 0.3) is 10.6 Å². The van der Waals surface area contributed by atoms with E-state index in [0.29, 0.717) is 18.4 Å². The number of aryl methyl sites for hydroxylation is 1. The third-order valence-electron chi connectivity index (χ3n) is 3.84. The topological polar surface area (TPSA) is 54.0 Å². The van der Waals surface area contributed by atoms with Gasteiger partial charge in [-0.1, -0.05) is 23.5 Å². The second-order valence-corrected chi connectivity index (χ2v) is 6.51. The van der Waals surface area contributed by atoms with Crippen LogP contribution in [0.5, 0.6) is 0 Å². The van der Waals surface area contributed by atoms with Gasteiger partial charge in [0.15, 0.2) is 0 Å². The molecule has 0 aliphatic heterocycles. The maximum absolute atomic E-state index is 13.5. The molecule has 1 fully saturated rings. The van der Waals surface area contributed by atoms with Crippen molar-refractivity contribution in [2.45, 2.75) is 37.9 Å². The molecule has 0 spiro atoms. The van der Waals surface area contributed by atoms with Crippen molar-refractivity contribution in [3.05, 3.63) is 34.6 Å². The second kappa shape index (κ2) is 6.41. The summed E-state index contributed by atoms with van der Waals surface area (Å²) in [4.78, 5) is 5.49. The molecule has 1 aromatic carbocycles. The number of hydrogen-bond acceptors (Lipinski definition) is 4. The lowest BCUT2D eigenvalue weighted by atomic mass is 9.94. The van der Waals surface area contributed by atoms with Crippen molar-refractivity contribution < 1.29 is 4.39 Å². The fourth-order valence-electron chi connectivity index (χ4n) is 2.65. The number of halogens is 1. The molecule has 2 atom stereocenters. The van der Waals surface area contributed by atoms with E-state index in [4.69, 9.17) is 5.26 Å². The SMILES string of the molecule is Cn1nc(-c2ccc(C#N)cc2)sc1=NC1CCCC(F)C1. The van der Waals surface area contributed by atoms with E-state index < -0.39 is 6.17 Å². The van der Waals surface area contributed by atoms with Gasteiger partial charge >= 0.3 is 0 Å². The van der Waals surface area contributed by atoms with Gasteiger partial charge in [0.2, 0.25) is 4.80 Å². The van der Waals surface area contributed by atoms with E-state index in [9.17, 15) is 4.39 Å². The molecule has 3 rings (SSSR count). The summed E-state index contributed by atoms with van der Waals surface area (Å²) in [5.74, 6) is 0. The van der Waals surface area contributed by atoms with Crippen LogP contribution in [0, 0.1) is 11.3 Å². The first kappa shape index (κ1) is 14.9. The van der Waals surface area contributed by atoms with Crippen LogP contribution < -0.4 is 4.80 Å². The molecule has 1 aliphatic rings. The Balaban J connectivity index is 1.88. The smallest absolute Gasteiger partial charge is 0.203 e. The van der Waals surface area contributed by atoms with Gasteiger partial charge in [0.05, 0.1) is 17.7 Å². The van der Waals surface area contributed by atoms with Gasteiger partial charge in [-0.2, -0.15) is 10.4 Å². The van der Waals surface area contributed by atoms with Gasteiger partial charge in [-0.05, 0) is 31.4 Å². The predicted molar refractivity (Wildman–Crippen MR) is 84.0 cm³/mol. The summed E-state index contributed by atoms with van der Waals surface area (Å²) in [6, 6.07) is 9.50. The maximum Gasteiger partial charge on any atom is 0.203 e. The summed E-state index contributed by atoms with van der Waals surface area (Å²) >= 11 is 1.50. The lowest BCUT2D eigenvalue weighted by molar-refractivity contribution is 0.231. The summed E-state index contributed by atoms with van der Waals surface area (Å²) < 4.78 is 15.2. The molecule has 4 nitrogen and oxygen atoms in total. The average molecular weight is 316 g/mol. The third kappa shape index (κ3) is 3.25. The van der Waals surface area contributed by atoms with Gasteiger partial charge in [-0.3, -0.25) is 4.99 Å². The molecule has 0 amide bonds. The lowest BCUT2D eigenvalue weighted by Crippen LogP contribution is -2.23. The minimum Gasteiger partial charge on any atom is -0.254 e. The molecule has 1 saturated carbocycles. The molecule has 0 bridgehead atoms. The lowest BCUT2D eigenvalue weighted by Gasteiger charge is -2.20. The van der Waals surface area contributed by atoms with E-state index >= 15 is 0 Å². The Morgan fingerprint density at radius 2 is 2.14 bits per heavy atom. The van der Waals surface area contributed by atoms with Crippen molar-refractivity contribution in [2.24, 2.45) is 12.0 Å². The van der Waals surface area contributed by atoms with Crippen molar-refractivity contribution in [1.29, 1.82) is 5.26 Å². The quantitative estimate of drug-likeness (QED) is 0.854. The van der Waals surface area contributed by atoms with Crippen molar-refractivity contribution in [2.75, 3.05) is 0 Å². The Bertz CT molecular complexity index is 754. The van der Waals surface area contributed by atoms with Gasteiger partial charge in [-0.25, -0.2) is 9.07 Å². The highest BCUT2D eigenvalue weighted by molar-refractivity contribution is 7.12. The molecule has 6 heteroatoms. The number of aromatic nitrogens is 2. The molecule has 1 aliphatic carbocycles. The number of rotatable bonds is 2. The number of benzene rings is 1. The van der Waals surface area contributed by atoms with Gasteiger partial charge in [0.1, 0.15) is 11.2 Å². The Kier molecular flexibility index (Phi) is 4.34. The maximum atomic E-state index is 13.5. The predicted octanol–water partition coefficient (Wildman–Crippen LogP) is 3.20. The second-order valence-electron chi connectivity index (χ2n) is 5.55. The van der Waals surface area contributed by atoms with Crippen LogP contribution in [0.15, 0.2) is 29.3 Å². The Morgan fingerprint density at radius 1 is 1.36 bits per heavy atom. The zero-order valence-electron chi connectivity index (χ0n) is 12.4. The number of nitrogens with zero attached hydrogens (tertiary/aromatic N) is 4. The minimum absolute atomic E-state index is 0.0595. The summed E-state index contributed by atoms with van der Waals surface area (Å²) in [5, 5.41) is 14.2. The van der Waals surface area contributed by atoms with Crippen molar-refractivity contribution in [3.63, 3.8) is 0 Å². The Labute approximate surface area is 132 Å². The number of alkyl halides is 1. The van der Waals surface area contributed by atoms with E-state index in [1.807, 2.05) is 19.2 Å². The molecule has 0 N–H and O–H groups in total. The zero-order chi connectivity index (χ0) is 15.5. The highest BCUT2D eigenvalue weighted by atomic mass is 32.1. The van der Waals surface area contributed by atoms with Crippen LogP contribution in [-0.2, 0) is 7.05 Å². The summed E-state index contributed by atoms with van der Waals surface area (Å²) in [6.07, 6.45) is 2.31. The van der Waals surface area contributed by atoms with Crippen LogP contribution in [0.2, 0.25) is 0 Å². The monoisotopic (exact) mass is 316 g/mol. The largest absolute Gasteiger partial charge is 0.254 e. The van der Waals surface area contributed by atoms with Gasteiger partial charge in [0, 0.05) is 19.0 Å². The molecule has 2 aromatic rings. The third-order valence-corrected chi connectivity index (χ3v) is 4.91. The van der Waals surface area contributed by atoms with Gasteiger partial charge < -0.3 is 0 Å². The Morgan fingerprint density at radius 3 is 2.82 bits per heavy atom. The first-order chi connectivity index (χ1) is 10.7. The standard InChI is InChI=1S/C16H17FN4S/c1-21-16(19-14-4-2-3-13(17)9-14)22-15(20-21)12-7-5-11(10-18)6-8-12/h5-8,13-14H,2-4,9H2,1H3.